The van der Waals surface area contributed by atoms with Crippen molar-refractivity contribution in [1.29, 1.82) is 0 Å². The first kappa shape index (κ1) is 22.9. The minimum absolute atomic E-state index is 0.00977. The highest BCUT2D eigenvalue weighted by Gasteiger charge is 2.33. The Bertz CT molecular complexity index is 1040. The average Bonchev–Trinajstić information content (AvgIpc) is 2.72. The molecule has 4 rings (SSSR count). The molecule has 0 spiro atoms. The maximum absolute atomic E-state index is 13.0. The Kier molecular flexibility index (Phi) is 6.67. The highest BCUT2D eigenvalue weighted by molar-refractivity contribution is 5.97. The molecule has 2 aliphatic rings. The first-order chi connectivity index (χ1) is 15.2. The number of hydrogen-bond donors (Lipinski definition) is 1. The van der Waals surface area contributed by atoms with Crippen molar-refractivity contribution in [2.24, 2.45) is 0 Å². The van der Waals surface area contributed by atoms with Gasteiger partial charge in [-0.2, -0.15) is 0 Å². The summed E-state index contributed by atoms with van der Waals surface area (Å²) in [4.78, 5) is 33.1. The van der Waals surface area contributed by atoms with Crippen molar-refractivity contribution in [2.75, 3.05) is 19.6 Å². The van der Waals surface area contributed by atoms with Gasteiger partial charge < -0.3 is 10.1 Å². The molecular formula is C25H36N4O3. The van der Waals surface area contributed by atoms with E-state index in [1.165, 1.54) is 6.42 Å². The third-order valence-corrected chi connectivity index (χ3v) is 6.79. The predicted molar refractivity (Wildman–Crippen MR) is 126 cm³/mol. The summed E-state index contributed by atoms with van der Waals surface area (Å²) in [7, 11) is 0. The van der Waals surface area contributed by atoms with Crippen LogP contribution in [0.4, 0.5) is 0 Å². The summed E-state index contributed by atoms with van der Waals surface area (Å²) in [5, 5.41) is 3.68. The lowest BCUT2D eigenvalue weighted by Gasteiger charge is -2.45. The fourth-order valence-electron chi connectivity index (χ4n) is 4.92. The van der Waals surface area contributed by atoms with Gasteiger partial charge in [-0.05, 0) is 58.7 Å². The second kappa shape index (κ2) is 9.32. The molecule has 7 heteroatoms. The van der Waals surface area contributed by atoms with E-state index < -0.39 is 0 Å². The third kappa shape index (κ3) is 4.89. The zero-order valence-electron chi connectivity index (χ0n) is 19.8. The minimum atomic E-state index is -0.189. The first-order valence-corrected chi connectivity index (χ1v) is 12.0. The van der Waals surface area contributed by atoms with E-state index in [-0.39, 0.29) is 29.2 Å². The van der Waals surface area contributed by atoms with Gasteiger partial charge in [-0.25, -0.2) is 4.98 Å². The van der Waals surface area contributed by atoms with Gasteiger partial charge in [0.1, 0.15) is 5.82 Å². The Hall–Kier alpha value is -2.25. The number of nitrogens with one attached hydrogen (secondary N) is 1. The first-order valence-electron chi connectivity index (χ1n) is 12.0. The molecule has 2 aliphatic heterocycles. The normalized spacial score (nSPS) is 22.8. The molecule has 0 saturated carbocycles. The molecule has 3 heterocycles. The van der Waals surface area contributed by atoms with Crippen molar-refractivity contribution in [3.05, 3.63) is 39.9 Å². The van der Waals surface area contributed by atoms with Crippen LogP contribution in [-0.4, -0.2) is 57.7 Å². The zero-order valence-corrected chi connectivity index (χ0v) is 19.8. The van der Waals surface area contributed by atoms with Crippen LogP contribution in [0.15, 0.2) is 23.0 Å². The zero-order chi connectivity index (χ0) is 22.9. The second-order valence-corrected chi connectivity index (χ2v) is 10.0. The van der Waals surface area contributed by atoms with Gasteiger partial charge >= 0.3 is 0 Å². The molecule has 2 unspecified atom stereocenters. The van der Waals surface area contributed by atoms with E-state index in [1.54, 1.807) is 18.2 Å². The molecule has 0 radical (unpaired) electrons. The van der Waals surface area contributed by atoms with Gasteiger partial charge in [-0.3, -0.25) is 19.1 Å². The molecule has 174 valence electrons. The number of amides is 1. The molecule has 1 fully saturated rings. The van der Waals surface area contributed by atoms with Gasteiger partial charge in [-0.1, -0.05) is 12.8 Å². The van der Waals surface area contributed by atoms with Crippen molar-refractivity contribution in [1.82, 2.24) is 19.8 Å². The molecule has 1 aromatic heterocycles. The molecule has 0 aliphatic carbocycles. The molecule has 1 amide bonds. The van der Waals surface area contributed by atoms with Crippen LogP contribution in [0.1, 0.15) is 69.6 Å². The van der Waals surface area contributed by atoms with Crippen LogP contribution in [0.25, 0.3) is 10.9 Å². The molecular weight excluding hydrogens is 404 g/mol. The number of aryl methyl sites for hydroxylation is 1. The quantitative estimate of drug-likeness (QED) is 0.791. The number of aromatic nitrogens is 2. The highest BCUT2D eigenvalue weighted by Crippen LogP contribution is 2.21. The lowest BCUT2D eigenvalue weighted by Crippen LogP contribution is -2.58. The van der Waals surface area contributed by atoms with Crippen molar-refractivity contribution in [2.45, 2.75) is 84.1 Å². The van der Waals surface area contributed by atoms with Crippen molar-refractivity contribution < 1.29 is 9.53 Å². The summed E-state index contributed by atoms with van der Waals surface area (Å²) in [5.74, 6) is 0.708. The molecule has 2 aromatic rings. The number of rotatable bonds is 4. The molecule has 32 heavy (non-hydrogen) atoms. The number of nitrogens with zero attached hydrogens (tertiary/aromatic N) is 3. The molecule has 1 N–H and O–H groups in total. The molecule has 7 nitrogen and oxygen atoms in total. The van der Waals surface area contributed by atoms with E-state index in [1.807, 2.05) is 4.57 Å². The lowest BCUT2D eigenvalue weighted by molar-refractivity contribution is -0.0948. The number of ether oxygens (including phenoxy) is 1. The van der Waals surface area contributed by atoms with E-state index >= 15 is 0 Å². The lowest BCUT2D eigenvalue weighted by atomic mass is 9.99. The molecule has 0 bridgehead atoms. The summed E-state index contributed by atoms with van der Waals surface area (Å²) < 4.78 is 7.68. The fraction of sp³-hybridized carbons (Fsp3) is 0.640. The van der Waals surface area contributed by atoms with Gasteiger partial charge in [0, 0.05) is 43.7 Å². The summed E-state index contributed by atoms with van der Waals surface area (Å²) in [6.45, 7) is 11.4. The fourth-order valence-corrected chi connectivity index (χ4v) is 4.92. The number of carbonyl (C=O) groups is 1. The Balaban J connectivity index is 1.51. The third-order valence-electron chi connectivity index (χ3n) is 6.79. The summed E-state index contributed by atoms with van der Waals surface area (Å²) >= 11 is 0. The molecule has 1 aromatic carbocycles. The van der Waals surface area contributed by atoms with Crippen LogP contribution in [0.5, 0.6) is 0 Å². The number of fused-ring (bicyclic) bond motifs is 2. The standard InChI is InChI=1S/C25H36N4O3/c1-17-14-28(15-18(2)32-17)25(3,4)16-26-23(30)19-10-11-20-21(13-19)27-22-9-7-5-6-8-12-29(22)24(20)31/h10-11,13,17-18H,5-9,12,14-16H2,1-4H3,(H,26,30). The van der Waals surface area contributed by atoms with Gasteiger partial charge in [0.25, 0.3) is 11.5 Å². The van der Waals surface area contributed by atoms with Crippen LogP contribution in [0.2, 0.25) is 0 Å². The van der Waals surface area contributed by atoms with Crippen molar-refractivity contribution in [3.8, 4) is 0 Å². The van der Waals surface area contributed by atoms with Gasteiger partial charge in [0.2, 0.25) is 0 Å². The van der Waals surface area contributed by atoms with Crippen LogP contribution in [0, 0.1) is 0 Å². The van der Waals surface area contributed by atoms with Gasteiger partial charge in [-0.15, -0.1) is 0 Å². The summed E-state index contributed by atoms with van der Waals surface area (Å²) in [6.07, 6.45) is 5.56. The van der Waals surface area contributed by atoms with Crippen molar-refractivity contribution in [3.63, 3.8) is 0 Å². The van der Waals surface area contributed by atoms with Gasteiger partial charge in [0.15, 0.2) is 0 Å². The topological polar surface area (TPSA) is 76.5 Å². The van der Waals surface area contributed by atoms with Gasteiger partial charge in [0.05, 0.1) is 23.1 Å². The minimum Gasteiger partial charge on any atom is -0.373 e. The van der Waals surface area contributed by atoms with E-state index in [9.17, 15) is 9.59 Å². The Labute approximate surface area is 190 Å². The summed E-state index contributed by atoms with van der Waals surface area (Å²) in [6, 6.07) is 5.25. The largest absolute Gasteiger partial charge is 0.373 e. The van der Waals surface area contributed by atoms with E-state index in [4.69, 9.17) is 9.72 Å². The Morgan fingerprint density at radius 1 is 1.16 bits per heavy atom. The Morgan fingerprint density at radius 3 is 2.62 bits per heavy atom. The maximum Gasteiger partial charge on any atom is 0.261 e. The van der Waals surface area contributed by atoms with Crippen molar-refractivity contribution >= 4 is 16.8 Å². The summed E-state index contributed by atoms with van der Waals surface area (Å²) in [5.41, 5.74) is 0.978. The number of hydrogen-bond acceptors (Lipinski definition) is 5. The average molecular weight is 441 g/mol. The highest BCUT2D eigenvalue weighted by atomic mass is 16.5. The number of benzene rings is 1. The second-order valence-electron chi connectivity index (χ2n) is 10.0. The van der Waals surface area contributed by atoms with E-state index in [0.29, 0.717) is 23.0 Å². The van der Waals surface area contributed by atoms with E-state index in [2.05, 4.69) is 37.9 Å². The van der Waals surface area contributed by atoms with Crippen LogP contribution < -0.4 is 10.9 Å². The molecule has 2 atom stereocenters. The van der Waals surface area contributed by atoms with Crippen LogP contribution in [0.3, 0.4) is 0 Å². The Morgan fingerprint density at radius 2 is 1.88 bits per heavy atom. The van der Waals surface area contributed by atoms with Crippen LogP contribution >= 0.6 is 0 Å². The van der Waals surface area contributed by atoms with E-state index in [0.717, 1.165) is 51.1 Å². The maximum atomic E-state index is 13.0. The number of morpholine rings is 1. The predicted octanol–water partition coefficient (Wildman–Crippen LogP) is 3.13. The van der Waals surface area contributed by atoms with Crippen LogP contribution in [-0.2, 0) is 17.7 Å². The number of carbonyl (C=O) groups excluding carboxylic acids is 1. The monoisotopic (exact) mass is 440 g/mol. The molecule has 1 saturated heterocycles. The SMILES string of the molecule is CC1CN(C(C)(C)CNC(=O)c2ccc3c(=O)n4c(nc3c2)CCCCCC4)CC(C)O1. The smallest absolute Gasteiger partial charge is 0.261 e.